The van der Waals surface area contributed by atoms with Gasteiger partial charge < -0.3 is 4.74 Å². The van der Waals surface area contributed by atoms with Crippen molar-refractivity contribution in [2.24, 2.45) is 13.0 Å². The van der Waals surface area contributed by atoms with Crippen LogP contribution in [-0.2, 0) is 13.6 Å². The molecular weight excluding hydrogens is 276 g/mol. The minimum Gasteiger partial charge on any atom is -0.491 e. The summed E-state index contributed by atoms with van der Waals surface area (Å²) >= 11 is 0. The van der Waals surface area contributed by atoms with Crippen molar-refractivity contribution in [2.45, 2.75) is 25.3 Å². The molecule has 1 saturated carbocycles. The fraction of sp³-hybridized carbons (Fsp3) is 0.529. The van der Waals surface area contributed by atoms with Crippen LogP contribution in [0.3, 0.4) is 0 Å². The number of nitrogens with zero attached hydrogens (tertiary/aromatic N) is 4. The maximum absolute atomic E-state index is 5.95. The molecule has 0 N–H and O–H groups in total. The molecule has 5 nitrogen and oxygen atoms in total. The van der Waals surface area contributed by atoms with Gasteiger partial charge in [-0.25, -0.2) is 0 Å². The van der Waals surface area contributed by atoms with Crippen LogP contribution < -0.4 is 4.74 Å². The Bertz CT molecular complexity index is 635. The van der Waals surface area contributed by atoms with Crippen LogP contribution in [0.2, 0.25) is 0 Å². The summed E-state index contributed by atoms with van der Waals surface area (Å²) in [6.07, 6.45) is 8.34. The SMILES string of the molecule is Cn1ncc2c1CN(CC1CC1)CC2COc1cccnc1. The number of fused-ring (bicyclic) bond motifs is 1. The number of aromatic nitrogens is 3. The van der Waals surface area contributed by atoms with E-state index in [1.165, 1.54) is 30.6 Å². The fourth-order valence-electron chi connectivity index (χ4n) is 3.28. The standard InChI is InChI=1S/C17H22N4O/c1-20-17-11-21(9-13-4-5-13)10-14(16(17)8-19-20)12-22-15-3-2-6-18-7-15/h2-3,6-8,13-14H,4-5,9-12H2,1H3. The van der Waals surface area contributed by atoms with Crippen molar-refractivity contribution in [1.82, 2.24) is 19.7 Å². The molecule has 4 rings (SSSR count). The minimum atomic E-state index is 0.386. The van der Waals surface area contributed by atoms with E-state index in [9.17, 15) is 0 Å². The molecular formula is C17H22N4O. The Morgan fingerprint density at radius 2 is 2.23 bits per heavy atom. The molecule has 3 heterocycles. The summed E-state index contributed by atoms with van der Waals surface area (Å²) in [7, 11) is 2.04. The molecule has 2 aliphatic rings. The third-order valence-electron chi connectivity index (χ3n) is 4.68. The molecule has 1 aliphatic carbocycles. The van der Waals surface area contributed by atoms with Gasteiger partial charge in [-0.15, -0.1) is 0 Å². The molecule has 0 saturated heterocycles. The lowest BCUT2D eigenvalue weighted by molar-refractivity contribution is 0.179. The Morgan fingerprint density at radius 1 is 1.32 bits per heavy atom. The maximum atomic E-state index is 5.95. The van der Waals surface area contributed by atoms with Crippen LogP contribution in [0.15, 0.2) is 30.7 Å². The van der Waals surface area contributed by atoms with Crippen molar-refractivity contribution >= 4 is 0 Å². The average Bonchev–Trinajstić information content (AvgIpc) is 3.28. The molecule has 22 heavy (non-hydrogen) atoms. The van der Waals surface area contributed by atoms with Crippen molar-refractivity contribution in [3.63, 3.8) is 0 Å². The molecule has 0 aromatic carbocycles. The van der Waals surface area contributed by atoms with E-state index in [0.29, 0.717) is 12.5 Å². The first-order valence-corrected chi connectivity index (χ1v) is 8.05. The van der Waals surface area contributed by atoms with Gasteiger partial charge >= 0.3 is 0 Å². The van der Waals surface area contributed by atoms with E-state index in [2.05, 4.69) is 15.0 Å². The Labute approximate surface area is 130 Å². The lowest BCUT2D eigenvalue weighted by atomic mass is 9.95. The van der Waals surface area contributed by atoms with Gasteiger partial charge in [-0.05, 0) is 30.9 Å². The van der Waals surface area contributed by atoms with Crippen LogP contribution in [0.5, 0.6) is 5.75 Å². The number of aryl methyl sites for hydroxylation is 1. The van der Waals surface area contributed by atoms with E-state index in [1.807, 2.05) is 30.1 Å². The van der Waals surface area contributed by atoms with Gasteiger partial charge in [-0.2, -0.15) is 5.10 Å². The second kappa shape index (κ2) is 5.72. The number of hydrogen-bond acceptors (Lipinski definition) is 4. The van der Waals surface area contributed by atoms with E-state index < -0.39 is 0 Å². The highest BCUT2D eigenvalue weighted by atomic mass is 16.5. The molecule has 1 unspecified atom stereocenters. The second-order valence-electron chi connectivity index (χ2n) is 6.50. The zero-order valence-corrected chi connectivity index (χ0v) is 13.0. The average molecular weight is 298 g/mol. The van der Waals surface area contributed by atoms with Crippen molar-refractivity contribution in [3.8, 4) is 5.75 Å². The van der Waals surface area contributed by atoms with Crippen LogP contribution in [0.4, 0.5) is 0 Å². The molecule has 116 valence electrons. The van der Waals surface area contributed by atoms with Gasteiger partial charge in [0.15, 0.2) is 0 Å². The van der Waals surface area contributed by atoms with Crippen LogP contribution in [0, 0.1) is 5.92 Å². The highest BCUT2D eigenvalue weighted by molar-refractivity contribution is 5.26. The smallest absolute Gasteiger partial charge is 0.137 e. The minimum absolute atomic E-state index is 0.386. The van der Waals surface area contributed by atoms with Gasteiger partial charge in [0.05, 0.1) is 24.7 Å². The molecule has 0 radical (unpaired) electrons. The van der Waals surface area contributed by atoms with E-state index in [0.717, 1.165) is 24.8 Å². The van der Waals surface area contributed by atoms with Gasteiger partial charge in [0.25, 0.3) is 0 Å². The summed E-state index contributed by atoms with van der Waals surface area (Å²) in [5.41, 5.74) is 2.69. The first-order chi connectivity index (χ1) is 10.8. The summed E-state index contributed by atoms with van der Waals surface area (Å²) in [6.45, 7) is 3.99. The van der Waals surface area contributed by atoms with E-state index in [1.54, 1.807) is 12.4 Å². The summed E-state index contributed by atoms with van der Waals surface area (Å²) in [6, 6.07) is 3.87. The monoisotopic (exact) mass is 298 g/mol. The second-order valence-corrected chi connectivity index (χ2v) is 6.50. The van der Waals surface area contributed by atoms with Gasteiger partial charge in [-0.1, -0.05) is 0 Å². The summed E-state index contributed by atoms with van der Waals surface area (Å²) in [5.74, 6) is 2.14. The summed E-state index contributed by atoms with van der Waals surface area (Å²) in [4.78, 5) is 6.68. The van der Waals surface area contributed by atoms with Gasteiger partial charge in [0.2, 0.25) is 0 Å². The number of pyridine rings is 1. The van der Waals surface area contributed by atoms with Gasteiger partial charge in [-0.3, -0.25) is 14.6 Å². The number of hydrogen-bond donors (Lipinski definition) is 0. The number of ether oxygens (including phenoxy) is 1. The van der Waals surface area contributed by atoms with Crippen LogP contribution in [0.1, 0.15) is 30.0 Å². The molecule has 5 heteroatoms. The van der Waals surface area contributed by atoms with Gasteiger partial charge in [0, 0.05) is 44.4 Å². The normalized spacial score (nSPS) is 21.6. The maximum Gasteiger partial charge on any atom is 0.137 e. The first-order valence-electron chi connectivity index (χ1n) is 8.05. The summed E-state index contributed by atoms with van der Waals surface area (Å²) in [5, 5.41) is 4.45. The molecule has 1 fully saturated rings. The Morgan fingerprint density at radius 3 is 3.00 bits per heavy atom. The lowest BCUT2D eigenvalue weighted by Crippen LogP contribution is -2.37. The molecule has 1 aliphatic heterocycles. The predicted octanol–water partition coefficient (Wildman–Crippen LogP) is 2.20. The third-order valence-corrected chi connectivity index (χ3v) is 4.68. The molecule has 0 amide bonds. The zero-order valence-electron chi connectivity index (χ0n) is 13.0. The molecule has 0 bridgehead atoms. The first kappa shape index (κ1) is 13.8. The van der Waals surface area contributed by atoms with Crippen molar-refractivity contribution in [1.29, 1.82) is 0 Å². The van der Waals surface area contributed by atoms with Crippen molar-refractivity contribution in [3.05, 3.63) is 42.0 Å². The highest BCUT2D eigenvalue weighted by Crippen LogP contribution is 2.34. The fourth-order valence-corrected chi connectivity index (χ4v) is 3.28. The largest absolute Gasteiger partial charge is 0.491 e. The van der Waals surface area contributed by atoms with Crippen LogP contribution in [0.25, 0.3) is 0 Å². The predicted molar refractivity (Wildman–Crippen MR) is 83.7 cm³/mol. The van der Waals surface area contributed by atoms with Crippen LogP contribution >= 0.6 is 0 Å². The van der Waals surface area contributed by atoms with Crippen molar-refractivity contribution < 1.29 is 4.74 Å². The Kier molecular flexibility index (Phi) is 3.58. The van der Waals surface area contributed by atoms with Gasteiger partial charge in [0.1, 0.15) is 5.75 Å². The highest BCUT2D eigenvalue weighted by Gasteiger charge is 2.32. The van der Waals surface area contributed by atoms with E-state index in [4.69, 9.17) is 4.74 Å². The molecule has 2 aromatic heterocycles. The molecule has 2 aromatic rings. The van der Waals surface area contributed by atoms with Crippen molar-refractivity contribution in [2.75, 3.05) is 19.7 Å². The molecule has 1 atom stereocenters. The Balaban J connectivity index is 1.49. The lowest BCUT2D eigenvalue weighted by Gasteiger charge is -2.33. The molecule has 0 spiro atoms. The quantitative estimate of drug-likeness (QED) is 0.849. The van der Waals surface area contributed by atoms with E-state index >= 15 is 0 Å². The topological polar surface area (TPSA) is 43.2 Å². The van der Waals surface area contributed by atoms with Crippen LogP contribution in [-0.4, -0.2) is 39.4 Å². The van der Waals surface area contributed by atoms with E-state index in [-0.39, 0.29) is 0 Å². The zero-order chi connectivity index (χ0) is 14.9. The number of rotatable bonds is 5. The summed E-state index contributed by atoms with van der Waals surface area (Å²) < 4.78 is 7.97. The third kappa shape index (κ3) is 2.86. The Hall–Kier alpha value is -1.88.